The average Bonchev–Trinajstić information content (AvgIpc) is 3.32. The number of nitrogens with one attached hydrogen (secondary N) is 1. The van der Waals surface area contributed by atoms with Gasteiger partial charge in [0.2, 0.25) is 5.91 Å². The van der Waals surface area contributed by atoms with Gasteiger partial charge >= 0.3 is 0 Å². The average molecular weight is 373 g/mol. The first-order valence-corrected chi connectivity index (χ1v) is 9.36. The van der Waals surface area contributed by atoms with Crippen molar-refractivity contribution >= 4 is 11.8 Å². The van der Waals surface area contributed by atoms with E-state index in [0.717, 1.165) is 31.7 Å². The maximum Gasteiger partial charge on any atom is 0.255 e. The topological polar surface area (TPSA) is 88.3 Å². The predicted octanol–water partition coefficient (Wildman–Crippen LogP) is 0.197. The summed E-state index contributed by atoms with van der Waals surface area (Å²) in [6, 6.07) is 0. The van der Waals surface area contributed by atoms with Crippen molar-refractivity contribution in [2.75, 3.05) is 39.3 Å². The molecular formula is C18H27N7O2. The molecule has 0 saturated carbocycles. The second-order valence-corrected chi connectivity index (χ2v) is 6.65. The Morgan fingerprint density at radius 3 is 2.48 bits per heavy atom. The van der Waals surface area contributed by atoms with Gasteiger partial charge in [-0.25, -0.2) is 0 Å². The lowest BCUT2D eigenvalue weighted by atomic mass is 10.1. The van der Waals surface area contributed by atoms with Crippen LogP contribution in [0.1, 0.15) is 24.2 Å². The Balaban J connectivity index is 1.62. The molecule has 0 radical (unpaired) electrons. The number of carbonyl (C=O) groups is 2. The Morgan fingerprint density at radius 2 is 1.85 bits per heavy atom. The molecule has 27 heavy (non-hydrogen) atoms. The van der Waals surface area contributed by atoms with Gasteiger partial charge in [-0.3, -0.25) is 19.0 Å². The van der Waals surface area contributed by atoms with Crippen LogP contribution in [0.4, 0.5) is 0 Å². The van der Waals surface area contributed by atoms with Crippen LogP contribution in [0.3, 0.4) is 0 Å². The van der Waals surface area contributed by atoms with Gasteiger partial charge in [0, 0.05) is 57.7 Å². The third kappa shape index (κ3) is 4.36. The first-order valence-electron chi connectivity index (χ1n) is 9.36. The van der Waals surface area contributed by atoms with Gasteiger partial charge in [0.15, 0.2) is 0 Å². The summed E-state index contributed by atoms with van der Waals surface area (Å²) in [5, 5.41) is 11.4. The quantitative estimate of drug-likeness (QED) is 0.781. The standard InChI is InChI=1S/C18H27N7O2/c1-4-23-6-8-24(9-7-23)16(26)11-19-18(27)15-13-22(3)21-17(15)14-10-20-25(5-2)12-14/h10,12-13H,4-9,11H2,1-3H3,(H,19,27). The molecule has 2 aromatic heterocycles. The van der Waals surface area contributed by atoms with E-state index in [9.17, 15) is 9.59 Å². The van der Waals surface area contributed by atoms with Crippen molar-refractivity contribution in [3.63, 3.8) is 0 Å². The molecule has 0 atom stereocenters. The zero-order valence-electron chi connectivity index (χ0n) is 16.2. The Bertz CT molecular complexity index is 802. The number of rotatable bonds is 6. The van der Waals surface area contributed by atoms with E-state index in [1.165, 1.54) is 0 Å². The van der Waals surface area contributed by atoms with E-state index < -0.39 is 0 Å². The van der Waals surface area contributed by atoms with E-state index in [2.05, 4.69) is 27.3 Å². The van der Waals surface area contributed by atoms with Gasteiger partial charge in [-0.15, -0.1) is 0 Å². The molecule has 1 aliphatic rings. The van der Waals surface area contributed by atoms with Gasteiger partial charge in [0.25, 0.3) is 5.91 Å². The molecule has 0 aromatic carbocycles. The van der Waals surface area contributed by atoms with Crippen LogP contribution in [0.2, 0.25) is 0 Å². The number of aromatic nitrogens is 4. The van der Waals surface area contributed by atoms with Crippen LogP contribution in [0.5, 0.6) is 0 Å². The number of likely N-dealkylation sites (N-methyl/N-ethyl adjacent to an activating group) is 1. The van der Waals surface area contributed by atoms with E-state index in [-0.39, 0.29) is 18.4 Å². The lowest BCUT2D eigenvalue weighted by Gasteiger charge is -2.34. The summed E-state index contributed by atoms with van der Waals surface area (Å²) in [6.45, 7) is 9.02. The molecule has 1 N–H and O–H groups in total. The highest BCUT2D eigenvalue weighted by molar-refractivity contribution is 6.01. The molecule has 1 fully saturated rings. The SMILES string of the molecule is CCN1CCN(C(=O)CNC(=O)c2cn(C)nc2-c2cnn(CC)c2)CC1. The van der Waals surface area contributed by atoms with Crippen molar-refractivity contribution in [2.45, 2.75) is 20.4 Å². The molecule has 2 aromatic rings. The predicted molar refractivity (Wildman–Crippen MR) is 101 cm³/mol. The fourth-order valence-corrected chi connectivity index (χ4v) is 3.20. The molecule has 2 amide bonds. The molecule has 1 saturated heterocycles. The van der Waals surface area contributed by atoms with Gasteiger partial charge in [-0.05, 0) is 13.5 Å². The van der Waals surface area contributed by atoms with Crippen LogP contribution in [-0.2, 0) is 18.4 Å². The van der Waals surface area contributed by atoms with E-state index in [4.69, 9.17) is 0 Å². The summed E-state index contributed by atoms with van der Waals surface area (Å²) in [4.78, 5) is 29.1. The number of nitrogens with zero attached hydrogens (tertiary/aromatic N) is 6. The second kappa shape index (κ2) is 8.34. The Morgan fingerprint density at radius 1 is 1.11 bits per heavy atom. The second-order valence-electron chi connectivity index (χ2n) is 6.65. The maximum absolute atomic E-state index is 12.6. The fraction of sp³-hybridized carbons (Fsp3) is 0.556. The minimum absolute atomic E-state index is 0.00643. The van der Waals surface area contributed by atoms with Crippen molar-refractivity contribution in [3.8, 4) is 11.3 Å². The Hall–Kier alpha value is -2.68. The van der Waals surface area contributed by atoms with Gasteiger partial charge in [0.05, 0.1) is 18.3 Å². The zero-order valence-corrected chi connectivity index (χ0v) is 16.2. The summed E-state index contributed by atoms with van der Waals surface area (Å²) >= 11 is 0. The fourth-order valence-electron chi connectivity index (χ4n) is 3.20. The van der Waals surface area contributed by atoms with Crippen LogP contribution >= 0.6 is 0 Å². The van der Waals surface area contributed by atoms with Gasteiger partial charge in [0.1, 0.15) is 5.69 Å². The van der Waals surface area contributed by atoms with Crippen molar-refractivity contribution < 1.29 is 9.59 Å². The third-order valence-electron chi connectivity index (χ3n) is 4.88. The molecule has 1 aliphatic heterocycles. The Kier molecular flexibility index (Phi) is 5.90. The summed E-state index contributed by atoms with van der Waals surface area (Å²) < 4.78 is 3.38. The van der Waals surface area contributed by atoms with Crippen molar-refractivity contribution in [2.24, 2.45) is 7.05 Å². The van der Waals surface area contributed by atoms with E-state index in [0.29, 0.717) is 24.3 Å². The first kappa shape index (κ1) is 19.1. The molecule has 146 valence electrons. The van der Waals surface area contributed by atoms with Crippen LogP contribution in [0, 0.1) is 0 Å². The summed E-state index contributed by atoms with van der Waals surface area (Å²) in [5.74, 6) is -0.355. The monoisotopic (exact) mass is 373 g/mol. The maximum atomic E-state index is 12.6. The molecule has 3 heterocycles. The molecule has 3 rings (SSSR count). The van der Waals surface area contributed by atoms with E-state index in [1.54, 1.807) is 28.8 Å². The number of carbonyl (C=O) groups excluding carboxylic acids is 2. The molecule has 9 nitrogen and oxygen atoms in total. The van der Waals surface area contributed by atoms with Crippen LogP contribution < -0.4 is 5.32 Å². The van der Waals surface area contributed by atoms with Crippen LogP contribution in [0.15, 0.2) is 18.6 Å². The summed E-state index contributed by atoms with van der Waals surface area (Å²) in [6.07, 6.45) is 5.22. The molecule has 0 spiro atoms. The molecular weight excluding hydrogens is 346 g/mol. The normalized spacial score (nSPS) is 15.1. The highest BCUT2D eigenvalue weighted by Gasteiger charge is 2.22. The van der Waals surface area contributed by atoms with Gasteiger partial charge < -0.3 is 15.1 Å². The lowest BCUT2D eigenvalue weighted by Crippen LogP contribution is -2.51. The van der Waals surface area contributed by atoms with Crippen molar-refractivity contribution in [1.82, 2.24) is 34.7 Å². The highest BCUT2D eigenvalue weighted by Crippen LogP contribution is 2.21. The number of aryl methyl sites for hydroxylation is 2. The minimum Gasteiger partial charge on any atom is -0.343 e. The van der Waals surface area contributed by atoms with Gasteiger partial charge in [-0.2, -0.15) is 10.2 Å². The summed E-state index contributed by atoms with van der Waals surface area (Å²) in [5.41, 5.74) is 1.79. The smallest absolute Gasteiger partial charge is 0.255 e. The zero-order chi connectivity index (χ0) is 19.4. The third-order valence-corrected chi connectivity index (χ3v) is 4.88. The highest BCUT2D eigenvalue weighted by atomic mass is 16.2. The largest absolute Gasteiger partial charge is 0.343 e. The first-order chi connectivity index (χ1) is 13.0. The minimum atomic E-state index is -0.303. The number of hydrogen-bond acceptors (Lipinski definition) is 5. The summed E-state index contributed by atoms with van der Waals surface area (Å²) in [7, 11) is 1.77. The number of amides is 2. The molecule has 0 aliphatic carbocycles. The molecule has 9 heteroatoms. The lowest BCUT2D eigenvalue weighted by molar-refractivity contribution is -0.131. The Labute approximate surface area is 158 Å². The molecule has 0 unspecified atom stereocenters. The van der Waals surface area contributed by atoms with Crippen LogP contribution in [-0.4, -0.2) is 80.4 Å². The van der Waals surface area contributed by atoms with E-state index in [1.807, 2.05) is 18.0 Å². The van der Waals surface area contributed by atoms with Crippen molar-refractivity contribution in [1.29, 1.82) is 0 Å². The number of piperazine rings is 1. The number of hydrogen-bond donors (Lipinski definition) is 1. The van der Waals surface area contributed by atoms with Crippen molar-refractivity contribution in [3.05, 3.63) is 24.2 Å². The van der Waals surface area contributed by atoms with Gasteiger partial charge in [-0.1, -0.05) is 6.92 Å². The molecule has 0 bridgehead atoms. The van der Waals surface area contributed by atoms with E-state index >= 15 is 0 Å². The van der Waals surface area contributed by atoms with Crippen LogP contribution in [0.25, 0.3) is 11.3 Å².